The van der Waals surface area contributed by atoms with Crippen LogP contribution in [0.15, 0.2) is 29.2 Å². The molecule has 0 spiro atoms. The van der Waals surface area contributed by atoms with Gasteiger partial charge in [-0.3, -0.25) is 0 Å². The van der Waals surface area contributed by atoms with Crippen LogP contribution in [0, 0.1) is 5.41 Å². The molecule has 2 atom stereocenters. The molecule has 1 saturated carbocycles. The maximum absolute atomic E-state index is 12.1. The van der Waals surface area contributed by atoms with Gasteiger partial charge in [-0.2, -0.15) is 13.2 Å². The second-order valence-electron chi connectivity index (χ2n) is 4.94. The van der Waals surface area contributed by atoms with Gasteiger partial charge in [0.15, 0.2) is 0 Å². The highest BCUT2D eigenvalue weighted by molar-refractivity contribution is 8.00. The quantitative estimate of drug-likeness (QED) is 0.820. The number of benzene rings is 1. The van der Waals surface area contributed by atoms with Crippen LogP contribution >= 0.6 is 11.8 Å². The van der Waals surface area contributed by atoms with Crippen molar-refractivity contribution in [1.29, 1.82) is 0 Å². The Hall–Kier alpha value is -0.680. The Morgan fingerprint density at radius 2 is 1.65 bits per heavy atom. The smallest absolute Gasteiger partial charge is 0.327 e. The Balaban J connectivity index is 2.10. The van der Waals surface area contributed by atoms with E-state index in [-0.39, 0.29) is 34.0 Å². The lowest BCUT2D eigenvalue weighted by Gasteiger charge is -2.07. The van der Waals surface area contributed by atoms with Gasteiger partial charge >= 0.3 is 5.51 Å². The van der Waals surface area contributed by atoms with Crippen molar-refractivity contribution < 1.29 is 13.2 Å². The molecule has 0 bridgehead atoms. The molecule has 1 aliphatic rings. The van der Waals surface area contributed by atoms with Gasteiger partial charge in [0.05, 0.1) is 0 Å². The van der Waals surface area contributed by atoms with E-state index in [9.17, 15) is 13.2 Å². The Bertz CT molecular complexity index is 411. The van der Waals surface area contributed by atoms with E-state index in [1.54, 1.807) is 12.1 Å². The first-order valence-electron chi connectivity index (χ1n) is 5.33. The average Bonchev–Trinajstić information content (AvgIpc) is 2.65. The number of thioether (sulfide) groups is 1. The summed E-state index contributed by atoms with van der Waals surface area (Å²) in [6, 6.07) is 6.60. The van der Waals surface area contributed by atoms with Gasteiger partial charge in [0.25, 0.3) is 0 Å². The number of hydrogen-bond donors (Lipinski definition) is 1. The molecule has 2 N–H and O–H groups in total. The van der Waals surface area contributed by atoms with Crippen LogP contribution in [0.1, 0.15) is 25.3 Å². The molecule has 17 heavy (non-hydrogen) atoms. The Morgan fingerprint density at radius 3 is 2.00 bits per heavy atom. The third-order valence-corrected chi connectivity index (χ3v) is 4.12. The lowest BCUT2D eigenvalue weighted by Crippen LogP contribution is -2.06. The number of alkyl halides is 3. The second-order valence-corrected chi connectivity index (χ2v) is 6.08. The first-order chi connectivity index (χ1) is 7.72. The molecule has 2 unspecified atom stereocenters. The Kier molecular flexibility index (Phi) is 2.94. The molecule has 0 aromatic heterocycles. The molecule has 1 fully saturated rings. The lowest BCUT2D eigenvalue weighted by molar-refractivity contribution is -0.0328. The van der Waals surface area contributed by atoms with Crippen LogP contribution in [0.5, 0.6) is 0 Å². The molecular formula is C12H14F3NS. The fraction of sp³-hybridized carbons (Fsp3) is 0.500. The van der Waals surface area contributed by atoms with Gasteiger partial charge < -0.3 is 5.73 Å². The molecular weight excluding hydrogens is 247 g/mol. The van der Waals surface area contributed by atoms with Crippen LogP contribution in [-0.4, -0.2) is 11.6 Å². The van der Waals surface area contributed by atoms with Gasteiger partial charge in [0.2, 0.25) is 0 Å². The largest absolute Gasteiger partial charge is 0.446 e. The minimum absolute atomic E-state index is 0.0543. The monoisotopic (exact) mass is 261 g/mol. The van der Waals surface area contributed by atoms with E-state index >= 15 is 0 Å². The predicted molar refractivity (Wildman–Crippen MR) is 62.9 cm³/mol. The summed E-state index contributed by atoms with van der Waals surface area (Å²) in [7, 11) is 0. The summed E-state index contributed by atoms with van der Waals surface area (Å²) in [6.45, 7) is 4.14. The highest BCUT2D eigenvalue weighted by atomic mass is 32.2. The van der Waals surface area contributed by atoms with Crippen molar-refractivity contribution in [3.05, 3.63) is 29.8 Å². The van der Waals surface area contributed by atoms with Crippen molar-refractivity contribution in [2.45, 2.75) is 36.2 Å². The number of nitrogens with two attached hydrogens (primary N) is 1. The lowest BCUT2D eigenvalue weighted by atomic mass is 10.0. The van der Waals surface area contributed by atoms with Gasteiger partial charge in [0.1, 0.15) is 0 Å². The van der Waals surface area contributed by atoms with Gasteiger partial charge in [0, 0.05) is 16.9 Å². The zero-order valence-electron chi connectivity index (χ0n) is 9.58. The topological polar surface area (TPSA) is 26.0 Å². The minimum Gasteiger partial charge on any atom is -0.327 e. The molecule has 0 saturated heterocycles. The van der Waals surface area contributed by atoms with Crippen molar-refractivity contribution in [2.24, 2.45) is 11.1 Å². The van der Waals surface area contributed by atoms with Crippen LogP contribution < -0.4 is 5.73 Å². The predicted octanol–water partition coefficient (Wildman–Crippen LogP) is 3.75. The van der Waals surface area contributed by atoms with Crippen LogP contribution in [-0.2, 0) is 0 Å². The van der Waals surface area contributed by atoms with Gasteiger partial charge in [-0.25, -0.2) is 0 Å². The van der Waals surface area contributed by atoms with Gasteiger partial charge in [-0.15, -0.1) is 0 Å². The van der Waals surface area contributed by atoms with Crippen molar-refractivity contribution in [3.63, 3.8) is 0 Å². The molecule has 0 amide bonds. The molecule has 1 aromatic rings. The maximum Gasteiger partial charge on any atom is 0.446 e. The van der Waals surface area contributed by atoms with Crippen LogP contribution in [0.3, 0.4) is 0 Å². The zero-order valence-corrected chi connectivity index (χ0v) is 10.4. The van der Waals surface area contributed by atoms with E-state index in [4.69, 9.17) is 5.73 Å². The third kappa shape index (κ3) is 2.60. The molecule has 94 valence electrons. The number of halogens is 3. The van der Waals surface area contributed by atoms with Crippen LogP contribution in [0.2, 0.25) is 0 Å². The van der Waals surface area contributed by atoms with Crippen molar-refractivity contribution in [3.8, 4) is 0 Å². The summed E-state index contributed by atoms with van der Waals surface area (Å²) in [5.74, 6) is 0.257. The maximum atomic E-state index is 12.1. The summed E-state index contributed by atoms with van der Waals surface area (Å²) in [5.41, 5.74) is 2.78. The Labute approximate surface area is 103 Å². The van der Waals surface area contributed by atoms with Crippen LogP contribution in [0.25, 0.3) is 0 Å². The summed E-state index contributed by atoms with van der Waals surface area (Å²) < 4.78 is 36.4. The van der Waals surface area contributed by atoms with E-state index in [1.165, 1.54) is 12.1 Å². The molecule has 0 aliphatic heterocycles. The normalized spacial score (nSPS) is 26.9. The fourth-order valence-electron chi connectivity index (χ4n) is 2.19. The summed E-state index contributed by atoms with van der Waals surface area (Å²) >= 11 is -0.0890. The zero-order chi connectivity index (χ0) is 12.8. The highest BCUT2D eigenvalue weighted by Crippen LogP contribution is 2.57. The van der Waals surface area contributed by atoms with Crippen molar-refractivity contribution in [1.82, 2.24) is 0 Å². The molecule has 0 radical (unpaired) electrons. The molecule has 1 aromatic carbocycles. The minimum atomic E-state index is -4.23. The molecule has 2 rings (SSSR count). The van der Waals surface area contributed by atoms with E-state index in [0.29, 0.717) is 0 Å². The summed E-state index contributed by atoms with van der Waals surface area (Å²) in [6.07, 6.45) is 0. The van der Waals surface area contributed by atoms with Gasteiger partial charge in [-0.1, -0.05) is 26.0 Å². The Morgan fingerprint density at radius 1 is 1.18 bits per heavy atom. The molecule has 5 heteroatoms. The van der Waals surface area contributed by atoms with E-state index in [0.717, 1.165) is 5.56 Å². The number of hydrogen-bond acceptors (Lipinski definition) is 2. The van der Waals surface area contributed by atoms with Gasteiger partial charge in [-0.05, 0) is 34.9 Å². The van der Waals surface area contributed by atoms with Crippen molar-refractivity contribution >= 4 is 11.8 Å². The van der Waals surface area contributed by atoms with E-state index in [2.05, 4.69) is 13.8 Å². The second kappa shape index (κ2) is 3.92. The highest BCUT2D eigenvalue weighted by Gasteiger charge is 2.55. The van der Waals surface area contributed by atoms with Crippen LogP contribution in [0.4, 0.5) is 13.2 Å². The first kappa shape index (κ1) is 12.8. The fourth-order valence-corrected chi connectivity index (χ4v) is 2.73. The standard InChI is InChI=1S/C12H14F3NS/c1-11(2)9(10(11)16)7-3-5-8(6-4-7)17-12(13,14)15/h3-6,9-10H,16H2,1-2H3. The molecule has 0 heterocycles. The third-order valence-electron chi connectivity index (χ3n) is 3.38. The molecule has 1 nitrogen and oxygen atoms in total. The van der Waals surface area contributed by atoms with E-state index < -0.39 is 5.51 Å². The average molecular weight is 261 g/mol. The SMILES string of the molecule is CC1(C)C(N)C1c1ccc(SC(F)(F)F)cc1. The molecule has 1 aliphatic carbocycles. The summed E-state index contributed by atoms with van der Waals surface area (Å²) in [5, 5.41) is 0. The first-order valence-corrected chi connectivity index (χ1v) is 6.15. The summed E-state index contributed by atoms with van der Waals surface area (Å²) in [4.78, 5) is 0.216. The number of rotatable bonds is 2. The van der Waals surface area contributed by atoms with E-state index in [1.807, 2.05) is 0 Å². The van der Waals surface area contributed by atoms with Crippen molar-refractivity contribution in [2.75, 3.05) is 0 Å².